The molecule has 2 rings (SSSR count). The molecule has 7 heteroatoms. The van der Waals surface area contributed by atoms with E-state index in [9.17, 15) is 14.7 Å². The number of nitrogens with zero attached hydrogens (tertiary/aromatic N) is 1. The maximum Gasteiger partial charge on any atom is 0.331 e. The zero-order valence-corrected chi connectivity index (χ0v) is 10.8. The minimum absolute atomic E-state index is 0.0104. The number of carboxylic acids is 1. The van der Waals surface area contributed by atoms with Crippen LogP contribution in [0.25, 0.3) is 0 Å². The van der Waals surface area contributed by atoms with Crippen molar-refractivity contribution in [3.63, 3.8) is 0 Å². The molecule has 1 aromatic rings. The van der Waals surface area contributed by atoms with E-state index in [0.717, 1.165) is 0 Å². The Morgan fingerprint density at radius 2 is 2.26 bits per heavy atom. The molecule has 0 spiro atoms. The third kappa shape index (κ3) is 2.60. The van der Waals surface area contributed by atoms with Gasteiger partial charge in [-0.2, -0.15) is 0 Å². The predicted molar refractivity (Wildman–Crippen MR) is 63.9 cm³/mol. The van der Waals surface area contributed by atoms with Crippen LogP contribution in [0.4, 0.5) is 0 Å². The van der Waals surface area contributed by atoms with Gasteiger partial charge >= 0.3 is 5.97 Å². The maximum atomic E-state index is 12.0. The summed E-state index contributed by atoms with van der Waals surface area (Å²) in [4.78, 5) is 23.2. The second kappa shape index (κ2) is 5.00. The molecule has 1 saturated heterocycles. The van der Waals surface area contributed by atoms with E-state index >= 15 is 0 Å². The Labute approximate surface area is 109 Å². The fourth-order valence-corrected chi connectivity index (χ4v) is 1.83. The van der Waals surface area contributed by atoms with Crippen LogP contribution in [0.3, 0.4) is 0 Å². The van der Waals surface area contributed by atoms with Crippen LogP contribution < -0.4 is 5.32 Å². The first-order chi connectivity index (χ1) is 8.94. The number of aliphatic carboxylic acids is 1. The molecule has 7 nitrogen and oxygen atoms in total. The molecule has 0 saturated carbocycles. The van der Waals surface area contributed by atoms with Crippen LogP contribution in [0.1, 0.15) is 42.4 Å². The normalized spacial score (nSPS) is 22.7. The van der Waals surface area contributed by atoms with Crippen LogP contribution in [-0.4, -0.2) is 40.9 Å². The van der Waals surface area contributed by atoms with Gasteiger partial charge in [0.2, 0.25) is 5.76 Å². The molecule has 0 aliphatic carbocycles. The van der Waals surface area contributed by atoms with Crippen LogP contribution in [0.15, 0.2) is 10.6 Å². The molecular weight excluding hydrogens is 252 g/mol. The lowest BCUT2D eigenvalue weighted by Gasteiger charge is -2.22. The van der Waals surface area contributed by atoms with E-state index in [1.54, 1.807) is 0 Å². The topological polar surface area (TPSA) is 102 Å². The van der Waals surface area contributed by atoms with Crippen molar-refractivity contribution in [2.24, 2.45) is 0 Å². The molecule has 104 valence electrons. The lowest BCUT2D eigenvalue weighted by atomic mass is 9.99. The van der Waals surface area contributed by atoms with E-state index in [-0.39, 0.29) is 24.7 Å². The number of carbonyl (C=O) groups is 2. The largest absolute Gasteiger partial charge is 0.479 e. The summed E-state index contributed by atoms with van der Waals surface area (Å²) in [5.41, 5.74) is -0.723. The molecule has 1 aromatic heterocycles. The molecule has 1 unspecified atom stereocenters. The Balaban J connectivity index is 2.13. The standard InChI is InChI=1S/C12H16N2O5/c1-7(2)8-5-9(19-14-8)10(15)13-12(11(16)17)3-4-18-6-12/h5,7H,3-4,6H2,1-2H3,(H,13,15)(H,16,17). The molecule has 1 aliphatic rings. The molecule has 0 radical (unpaired) electrons. The van der Waals surface area contributed by atoms with Crippen LogP contribution in [0.2, 0.25) is 0 Å². The van der Waals surface area contributed by atoms with Crippen molar-refractivity contribution >= 4 is 11.9 Å². The monoisotopic (exact) mass is 268 g/mol. The fraction of sp³-hybridized carbons (Fsp3) is 0.583. The van der Waals surface area contributed by atoms with Crippen LogP contribution >= 0.6 is 0 Å². The molecule has 2 heterocycles. The average Bonchev–Trinajstić information content (AvgIpc) is 2.97. The third-order valence-electron chi connectivity index (χ3n) is 3.13. The number of nitrogens with one attached hydrogen (secondary N) is 1. The minimum Gasteiger partial charge on any atom is -0.479 e. The van der Waals surface area contributed by atoms with Gasteiger partial charge in [-0.05, 0) is 5.92 Å². The zero-order valence-electron chi connectivity index (χ0n) is 10.8. The summed E-state index contributed by atoms with van der Waals surface area (Å²) in [6.45, 7) is 4.10. The summed E-state index contributed by atoms with van der Waals surface area (Å²) in [5.74, 6) is -1.56. The number of ether oxygens (including phenoxy) is 1. The van der Waals surface area contributed by atoms with Crippen molar-refractivity contribution in [2.75, 3.05) is 13.2 Å². The summed E-state index contributed by atoms with van der Waals surface area (Å²) in [5, 5.41) is 15.4. The summed E-state index contributed by atoms with van der Waals surface area (Å²) < 4.78 is 9.99. The Morgan fingerprint density at radius 1 is 1.53 bits per heavy atom. The Morgan fingerprint density at radius 3 is 2.74 bits per heavy atom. The first-order valence-corrected chi connectivity index (χ1v) is 6.05. The van der Waals surface area contributed by atoms with Crippen LogP contribution in [-0.2, 0) is 9.53 Å². The van der Waals surface area contributed by atoms with Crippen molar-refractivity contribution in [3.05, 3.63) is 17.5 Å². The SMILES string of the molecule is CC(C)c1cc(C(=O)NC2(C(=O)O)CCOC2)on1. The number of amides is 1. The van der Waals surface area contributed by atoms with Gasteiger partial charge in [-0.3, -0.25) is 4.79 Å². The van der Waals surface area contributed by atoms with Gasteiger partial charge in [0.15, 0.2) is 5.54 Å². The molecular formula is C12H16N2O5. The van der Waals surface area contributed by atoms with E-state index < -0.39 is 17.4 Å². The predicted octanol–water partition coefficient (Wildman–Crippen LogP) is 0.771. The molecule has 1 amide bonds. The third-order valence-corrected chi connectivity index (χ3v) is 3.13. The number of aromatic nitrogens is 1. The molecule has 0 bridgehead atoms. The average molecular weight is 268 g/mol. The molecule has 1 aliphatic heterocycles. The van der Waals surface area contributed by atoms with Gasteiger partial charge in [-0.25, -0.2) is 4.79 Å². The van der Waals surface area contributed by atoms with Crippen LogP contribution in [0.5, 0.6) is 0 Å². The Bertz CT molecular complexity index is 488. The van der Waals surface area contributed by atoms with Crippen molar-refractivity contribution in [3.8, 4) is 0 Å². The number of hydrogen-bond acceptors (Lipinski definition) is 5. The van der Waals surface area contributed by atoms with Gasteiger partial charge in [0.1, 0.15) is 0 Å². The summed E-state index contributed by atoms with van der Waals surface area (Å²) >= 11 is 0. The van der Waals surface area contributed by atoms with Crippen LogP contribution in [0, 0.1) is 0 Å². The van der Waals surface area contributed by atoms with Gasteiger partial charge in [-0.1, -0.05) is 19.0 Å². The van der Waals surface area contributed by atoms with E-state index in [1.165, 1.54) is 6.07 Å². The highest BCUT2D eigenvalue weighted by Crippen LogP contribution is 2.20. The first kappa shape index (κ1) is 13.5. The van der Waals surface area contributed by atoms with Crippen molar-refractivity contribution in [2.45, 2.75) is 31.7 Å². The molecule has 2 N–H and O–H groups in total. The van der Waals surface area contributed by atoms with Crippen molar-refractivity contribution in [1.82, 2.24) is 10.5 Å². The van der Waals surface area contributed by atoms with Gasteiger partial charge in [0.05, 0.1) is 12.3 Å². The number of hydrogen-bond donors (Lipinski definition) is 2. The summed E-state index contributed by atoms with van der Waals surface area (Å²) in [6, 6.07) is 1.52. The van der Waals surface area contributed by atoms with Gasteiger partial charge in [0.25, 0.3) is 5.91 Å². The quantitative estimate of drug-likeness (QED) is 0.836. The smallest absolute Gasteiger partial charge is 0.331 e. The number of rotatable bonds is 4. The van der Waals surface area contributed by atoms with E-state index in [0.29, 0.717) is 12.3 Å². The lowest BCUT2D eigenvalue weighted by Crippen LogP contribution is -2.55. The fourth-order valence-electron chi connectivity index (χ4n) is 1.83. The van der Waals surface area contributed by atoms with E-state index in [2.05, 4.69) is 10.5 Å². The second-order valence-electron chi connectivity index (χ2n) is 4.91. The maximum absolute atomic E-state index is 12.0. The van der Waals surface area contributed by atoms with Gasteiger partial charge in [0, 0.05) is 19.1 Å². The highest BCUT2D eigenvalue weighted by atomic mass is 16.5. The van der Waals surface area contributed by atoms with Gasteiger partial charge in [-0.15, -0.1) is 0 Å². The Hall–Kier alpha value is -1.89. The highest BCUT2D eigenvalue weighted by Gasteiger charge is 2.44. The second-order valence-corrected chi connectivity index (χ2v) is 4.91. The molecule has 1 atom stereocenters. The van der Waals surface area contributed by atoms with E-state index in [1.807, 2.05) is 13.8 Å². The molecule has 19 heavy (non-hydrogen) atoms. The van der Waals surface area contributed by atoms with E-state index in [4.69, 9.17) is 9.26 Å². The molecule has 1 fully saturated rings. The summed E-state index contributed by atoms with van der Waals surface area (Å²) in [6.07, 6.45) is 0.235. The van der Waals surface area contributed by atoms with Gasteiger partial charge < -0.3 is 19.7 Å². The summed E-state index contributed by atoms with van der Waals surface area (Å²) in [7, 11) is 0. The Kier molecular flexibility index (Phi) is 3.57. The highest BCUT2D eigenvalue weighted by molar-refractivity contribution is 5.96. The number of carboxylic acid groups (broad SMARTS) is 1. The van der Waals surface area contributed by atoms with Crippen molar-refractivity contribution in [1.29, 1.82) is 0 Å². The molecule has 0 aromatic carbocycles. The number of carbonyl (C=O) groups excluding carboxylic acids is 1. The lowest BCUT2D eigenvalue weighted by molar-refractivity contribution is -0.144. The first-order valence-electron chi connectivity index (χ1n) is 6.05. The zero-order chi connectivity index (χ0) is 14.0. The minimum atomic E-state index is -1.37. The van der Waals surface area contributed by atoms with Crippen molar-refractivity contribution < 1.29 is 24.0 Å².